The highest BCUT2D eigenvalue weighted by Gasteiger charge is 2.42. The SMILES string of the molecule is CCS(=O)(=O)c1ccc(CNc2nc3cnc(-c4c(OC)ncnc4C4CC4)nc3n(C3CC4CCC3C4)c2=O)nc1. The molecule has 4 aromatic heterocycles. The molecule has 0 saturated heterocycles. The second-order valence-corrected chi connectivity index (χ2v) is 13.7. The molecule has 0 aromatic carbocycles. The van der Waals surface area contributed by atoms with Crippen LogP contribution >= 0.6 is 0 Å². The summed E-state index contributed by atoms with van der Waals surface area (Å²) in [6, 6.07) is 3.21. The van der Waals surface area contributed by atoms with Crippen molar-refractivity contribution in [2.45, 2.75) is 68.8 Å². The van der Waals surface area contributed by atoms with E-state index in [0.717, 1.165) is 37.8 Å². The molecule has 3 aliphatic carbocycles. The lowest BCUT2D eigenvalue weighted by Gasteiger charge is -2.25. The molecule has 218 valence electrons. The van der Waals surface area contributed by atoms with Crippen LogP contribution in [0.15, 0.2) is 40.5 Å². The number of sulfone groups is 1. The second kappa shape index (κ2) is 10.4. The molecule has 3 unspecified atom stereocenters. The zero-order valence-corrected chi connectivity index (χ0v) is 24.3. The number of methoxy groups -OCH3 is 1. The van der Waals surface area contributed by atoms with Crippen LogP contribution in [-0.2, 0) is 16.4 Å². The Morgan fingerprint density at radius 2 is 1.88 bits per heavy atom. The van der Waals surface area contributed by atoms with E-state index in [4.69, 9.17) is 9.72 Å². The first-order chi connectivity index (χ1) is 20.4. The van der Waals surface area contributed by atoms with E-state index < -0.39 is 9.84 Å². The van der Waals surface area contributed by atoms with Crippen molar-refractivity contribution in [3.05, 3.63) is 52.6 Å². The first-order valence-electron chi connectivity index (χ1n) is 14.5. The van der Waals surface area contributed by atoms with Crippen LogP contribution in [0.5, 0.6) is 5.88 Å². The summed E-state index contributed by atoms with van der Waals surface area (Å²) in [5.41, 5.74) is 2.88. The molecule has 0 radical (unpaired) electrons. The van der Waals surface area contributed by atoms with Gasteiger partial charge in [-0.05, 0) is 56.1 Å². The number of hydrogen-bond donors (Lipinski definition) is 1. The van der Waals surface area contributed by atoms with Gasteiger partial charge in [-0.15, -0.1) is 0 Å². The molecule has 0 spiro atoms. The molecule has 4 heterocycles. The number of ether oxygens (including phenoxy) is 1. The monoisotopic (exact) mass is 588 g/mol. The third-order valence-electron chi connectivity index (χ3n) is 8.86. The lowest BCUT2D eigenvalue weighted by atomic mass is 9.95. The van der Waals surface area contributed by atoms with Crippen LogP contribution in [0.1, 0.15) is 68.8 Å². The van der Waals surface area contributed by atoms with Crippen molar-refractivity contribution in [2.24, 2.45) is 11.8 Å². The molecule has 12 nitrogen and oxygen atoms in total. The number of rotatable bonds is 9. The maximum atomic E-state index is 14.1. The molecule has 3 saturated carbocycles. The maximum absolute atomic E-state index is 14.1. The quantitative estimate of drug-likeness (QED) is 0.304. The summed E-state index contributed by atoms with van der Waals surface area (Å²) in [5, 5.41) is 3.15. The first kappa shape index (κ1) is 26.9. The van der Waals surface area contributed by atoms with E-state index in [-0.39, 0.29) is 34.6 Å². The molecule has 3 aliphatic rings. The summed E-state index contributed by atoms with van der Waals surface area (Å²) in [6.07, 6.45) is 10.9. The van der Waals surface area contributed by atoms with Gasteiger partial charge < -0.3 is 10.1 Å². The number of aromatic nitrogens is 7. The summed E-state index contributed by atoms with van der Waals surface area (Å²) in [5.74, 6) is 2.37. The van der Waals surface area contributed by atoms with E-state index in [0.29, 0.717) is 51.9 Å². The van der Waals surface area contributed by atoms with Crippen LogP contribution in [0.25, 0.3) is 22.6 Å². The number of pyridine rings is 1. The Balaban J connectivity index is 1.30. The van der Waals surface area contributed by atoms with Crippen molar-refractivity contribution in [2.75, 3.05) is 18.2 Å². The average molecular weight is 589 g/mol. The predicted octanol–water partition coefficient (Wildman–Crippen LogP) is 3.69. The van der Waals surface area contributed by atoms with Crippen molar-refractivity contribution in [3.63, 3.8) is 0 Å². The van der Waals surface area contributed by atoms with Gasteiger partial charge in [-0.1, -0.05) is 13.3 Å². The van der Waals surface area contributed by atoms with Crippen molar-refractivity contribution in [1.29, 1.82) is 0 Å². The molecule has 0 aliphatic heterocycles. The molecular weight excluding hydrogens is 556 g/mol. The Kier molecular flexibility index (Phi) is 6.63. The normalized spacial score (nSPS) is 21.6. The predicted molar refractivity (Wildman–Crippen MR) is 155 cm³/mol. The van der Waals surface area contributed by atoms with Crippen molar-refractivity contribution >= 4 is 26.8 Å². The third kappa shape index (κ3) is 4.69. The maximum Gasteiger partial charge on any atom is 0.295 e. The molecule has 13 heteroatoms. The van der Waals surface area contributed by atoms with E-state index in [1.807, 2.05) is 4.57 Å². The van der Waals surface area contributed by atoms with Crippen molar-refractivity contribution < 1.29 is 13.2 Å². The molecule has 7 rings (SSSR count). The third-order valence-corrected chi connectivity index (χ3v) is 10.6. The molecular formula is C29H32N8O4S. The van der Waals surface area contributed by atoms with E-state index in [2.05, 4.69) is 30.2 Å². The Bertz CT molecular complexity index is 1840. The zero-order chi connectivity index (χ0) is 29.0. The number of nitrogens with zero attached hydrogens (tertiary/aromatic N) is 7. The molecule has 4 aromatic rings. The van der Waals surface area contributed by atoms with Crippen LogP contribution in [0, 0.1) is 11.8 Å². The molecule has 42 heavy (non-hydrogen) atoms. The number of nitrogens with one attached hydrogen (secondary N) is 1. The van der Waals surface area contributed by atoms with Crippen molar-refractivity contribution in [1.82, 2.24) is 34.5 Å². The number of anilines is 1. The van der Waals surface area contributed by atoms with Crippen LogP contribution in [0.4, 0.5) is 5.82 Å². The fraction of sp³-hybridized carbons (Fsp3) is 0.483. The van der Waals surface area contributed by atoms with Gasteiger partial charge in [0, 0.05) is 18.2 Å². The highest BCUT2D eigenvalue weighted by molar-refractivity contribution is 7.91. The van der Waals surface area contributed by atoms with Crippen LogP contribution in [0.3, 0.4) is 0 Å². The summed E-state index contributed by atoms with van der Waals surface area (Å²) >= 11 is 0. The lowest BCUT2D eigenvalue weighted by molar-refractivity contribution is 0.329. The topological polar surface area (TPSA) is 155 Å². The fourth-order valence-electron chi connectivity index (χ4n) is 6.53. The van der Waals surface area contributed by atoms with Crippen molar-refractivity contribution in [3.8, 4) is 17.3 Å². The Morgan fingerprint density at radius 1 is 1.02 bits per heavy atom. The Hall–Kier alpha value is -4.00. The fourth-order valence-corrected chi connectivity index (χ4v) is 7.35. The van der Waals surface area contributed by atoms with Gasteiger partial charge in [-0.3, -0.25) is 14.3 Å². The van der Waals surface area contributed by atoms with E-state index in [9.17, 15) is 13.2 Å². The van der Waals surface area contributed by atoms with Gasteiger partial charge in [0.25, 0.3) is 5.56 Å². The van der Waals surface area contributed by atoms with Gasteiger partial charge in [0.1, 0.15) is 17.4 Å². The molecule has 0 amide bonds. The molecule has 3 atom stereocenters. The van der Waals surface area contributed by atoms with Gasteiger partial charge in [0.05, 0.1) is 41.9 Å². The van der Waals surface area contributed by atoms with Crippen LogP contribution in [0.2, 0.25) is 0 Å². The van der Waals surface area contributed by atoms with Gasteiger partial charge >= 0.3 is 0 Å². The summed E-state index contributed by atoms with van der Waals surface area (Å²) in [6.45, 7) is 1.80. The lowest BCUT2D eigenvalue weighted by Crippen LogP contribution is -2.32. The summed E-state index contributed by atoms with van der Waals surface area (Å²) in [4.78, 5) is 41.7. The van der Waals surface area contributed by atoms with Gasteiger partial charge in [-0.25, -0.2) is 33.3 Å². The average Bonchev–Trinajstić information content (AvgIpc) is 3.65. The summed E-state index contributed by atoms with van der Waals surface area (Å²) in [7, 11) is -1.77. The minimum absolute atomic E-state index is 0.00556. The second-order valence-electron chi connectivity index (χ2n) is 11.4. The number of fused-ring (bicyclic) bond motifs is 3. The highest BCUT2D eigenvalue weighted by Crippen LogP contribution is 2.51. The summed E-state index contributed by atoms with van der Waals surface area (Å²) < 4.78 is 31.7. The van der Waals surface area contributed by atoms with E-state index in [1.165, 1.54) is 25.0 Å². The van der Waals surface area contributed by atoms with Crippen LogP contribution < -0.4 is 15.6 Å². The molecule has 2 bridgehead atoms. The first-order valence-corrected chi connectivity index (χ1v) is 16.1. The Labute approximate surface area is 243 Å². The minimum Gasteiger partial charge on any atom is -0.480 e. The van der Waals surface area contributed by atoms with Gasteiger partial charge in [-0.2, -0.15) is 0 Å². The molecule has 3 fully saturated rings. The Morgan fingerprint density at radius 3 is 2.55 bits per heavy atom. The minimum atomic E-state index is -3.34. The number of hydrogen-bond acceptors (Lipinski definition) is 11. The van der Waals surface area contributed by atoms with Gasteiger partial charge in [0.15, 0.2) is 27.1 Å². The molecule has 1 N–H and O–H groups in total. The van der Waals surface area contributed by atoms with Gasteiger partial charge in [0.2, 0.25) is 5.88 Å². The van der Waals surface area contributed by atoms with Crippen LogP contribution in [-0.4, -0.2) is 55.8 Å². The highest BCUT2D eigenvalue weighted by atomic mass is 32.2. The van der Waals surface area contributed by atoms with E-state index >= 15 is 0 Å². The standard InChI is InChI=1S/C29H32N8O4S/c1-3-42(39,40)20-9-8-19(30-13-20)12-31-26-29(38)37(22-11-16-4-5-18(22)10-16)27-21(35-26)14-32-25(36-27)23-24(17-6-7-17)33-15-34-28(23)41-2/h8-9,13-18,22H,3-7,10-12H2,1-2H3,(H,31,35). The smallest absolute Gasteiger partial charge is 0.295 e. The largest absolute Gasteiger partial charge is 0.480 e. The van der Waals surface area contributed by atoms with E-state index in [1.54, 1.807) is 26.3 Å². The zero-order valence-electron chi connectivity index (χ0n) is 23.5.